The molecule has 0 amide bonds. The van der Waals surface area contributed by atoms with E-state index in [-0.39, 0.29) is 0 Å². The molecule has 1 N–H and O–H groups in total. The van der Waals surface area contributed by atoms with E-state index < -0.39 is 0 Å². The highest BCUT2D eigenvalue weighted by atomic mass is 15.3. The maximum absolute atomic E-state index is 4.58. The van der Waals surface area contributed by atoms with Crippen LogP contribution < -0.4 is 5.32 Å². The molecule has 0 fully saturated rings. The number of hydrogen-bond acceptors (Lipinski definition) is 3. The number of aryl methyl sites for hydroxylation is 2. The average molecular weight is 287 g/mol. The van der Waals surface area contributed by atoms with Crippen molar-refractivity contribution in [3.63, 3.8) is 0 Å². The van der Waals surface area contributed by atoms with Gasteiger partial charge < -0.3 is 5.32 Å². The molecule has 0 aromatic carbocycles. The van der Waals surface area contributed by atoms with Crippen LogP contribution in [-0.2, 0) is 27.1 Å². The molecule has 5 nitrogen and oxygen atoms in total. The molecule has 5 heteroatoms. The molecule has 21 heavy (non-hydrogen) atoms. The van der Waals surface area contributed by atoms with Crippen LogP contribution in [0.1, 0.15) is 61.2 Å². The molecule has 1 atom stereocenters. The van der Waals surface area contributed by atoms with Crippen LogP contribution in [0.2, 0.25) is 0 Å². The van der Waals surface area contributed by atoms with Crippen molar-refractivity contribution in [2.45, 2.75) is 51.6 Å². The molecule has 0 spiro atoms. The highest BCUT2D eigenvalue weighted by Gasteiger charge is 2.23. The second kappa shape index (κ2) is 5.64. The minimum atomic E-state index is 0.419. The van der Waals surface area contributed by atoms with Crippen LogP contribution in [0.3, 0.4) is 0 Å². The number of nitrogens with zero attached hydrogens (tertiary/aromatic N) is 4. The van der Waals surface area contributed by atoms with Gasteiger partial charge in [-0.2, -0.15) is 10.2 Å². The van der Waals surface area contributed by atoms with Crippen molar-refractivity contribution < 1.29 is 0 Å². The lowest BCUT2D eigenvalue weighted by atomic mass is 9.92. The van der Waals surface area contributed by atoms with Gasteiger partial charge in [-0.3, -0.25) is 9.36 Å². The summed E-state index contributed by atoms with van der Waals surface area (Å²) in [5, 5.41) is 12.7. The van der Waals surface area contributed by atoms with Crippen LogP contribution in [0.5, 0.6) is 0 Å². The summed E-state index contributed by atoms with van der Waals surface area (Å²) in [6.07, 6.45) is 7.73. The molecular formula is C16H25N5. The summed E-state index contributed by atoms with van der Waals surface area (Å²) in [5.74, 6) is 0.461. The Balaban J connectivity index is 1.74. The van der Waals surface area contributed by atoms with Gasteiger partial charge in [0.1, 0.15) is 0 Å². The van der Waals surface area contributed by atoms with E-state index >= 15 is 0 Å². The Morgan fingerprint density at radius 1 is 1.38 bits per heavy atom. The minimum absolute atomic E-state index is 0.419. The molecule has 0 bridgehead atoms. The Kier molecular flexibility index (Phi) is 3.85. The van der Waals surface area contributed by atoms with E-state index in [1.54, 1.807) is 0 Å². The predicted molar refractivity (Wildman–Crippen MR) is 83.0 cm³/mol. The monoisotopic (exact) mass is 287 g/mol. The molecule has 2 aromatic rings. The Labute approximate surface area is 126 Å². The zero-order valence-electron chi connectivity index (χ0n) is 13.4. The van der Waals surface area contributed by atoms with Crippen molar-refractivity contribution >= 4 is 0 Å². The van der Waals surface area contributed by atoms with E-state index in [0.717, 1.165) is 13.0 Å². The highest BCUT2D eigenvalue weighted by Crippen LogP contribution is 2.29. The fraction of sp³-hybridized carbons (Fsp3) is 0.625. The first-order valence-corrected chi connectivity index (χ1v) is 7.83. The van der Waals surface area contributed by atoms with Gasteiger partial charge in [0.05, 0.1) is 11.9 Å². The summed E-state index contributed by atoms with van der Waals surface area (Å²) in [5.41, 5.74) is 5.27. The van der Waals surface area contributed by atoms with Gasteiger partial charge in [0, 0.05) is 49.7 Å². The maximum Gasteiger partial charge on any atom is 0.0694 e. The summed E-state index contributed by atoms with van der Waals surface area (Å²) >= 11 is 0. The molecule has 2 aromatic heterocycles. The van der Waals surface area contributed by atoms with Crippen molar-refractivity contribution in [3.8, 4) is 0 Å². The van der Waals surface area contributed by atoms with E-state index in [9.17, 15) is 0 Å². The summed E-state index contributed by atoms with van der Waals surface area (Å²) < 4.78 is 3.94. The van der Waals surface area contributed by atoms with Crippen molar-refractivity contribution in [2.24, 2.45) is 14.1 Å². The number of nitrogens with one attached hydrogen (secondary N) is 1. The SMILES string of the molecule is CC(C)c1nn(C)cc1CNC1CCCc2c1cnn2C. The van der Waals surface area contributed by atoms with Crippen LogP contribution >= 0.6 is 0 Å². The third-order valence-electron chi connectivity index (χ3n) is 4.40. The molecule has 0 saturated carbocycles. The topological polar surface area (TPSA) is 47.7 Å². The van der Waals surface area contributed by atoms with Gasteiger partial charge >= 0.3 is 0 Å². The van der Waals surface area contributed by atoms with Crippen LogP contribution in [0.15, 0.2) is 12.4 Å². The Hall–Kier alpha value is -1.62. The minimum Gasteiger partial charge on any atom is -0.306 e. The van der Waals surface area contributed by atoms with E-state index in [0.29, 0.717) is 12.0 Å². The first-order valence-electron chi connectivity index (χ1n) is 7.83. The summed E-state index contributed by atoms with van der Waals surface area (Å²) in [7, 11) is 4.04. The standard InChI is InChI=1S/C16H25N5/c1-11(2)16-12(10-20(3)19-16)8-17-14-6-5-7-15-13(14)9-18-21(15)4/h9-11,14,17H,5-8H2,1-4H3. The number of aromatic nitrogens is 4. The molecule has 2 heterocycles. The predicted octanol–water partition coefficient (Wildman–Crippen LogP) is 2.44. The van der Waals surface area contributed by atoms with E-state index in [4.69, 9.17) is 0 Å². The molecule has 0 saturated heterocycles. The fourth-order valence-corrected chi connectivity index (χ4v) is 3.33. The number of hydrogen-bond donors (Lipinski definition) is 1. The largest absolute Gasteiger partial charge is 0.306 e. The van der Waals surface area contributed by atoms with Crippen LogP contribution in [-0.4, -0.2) is 19.6 Å². The third-order valence-corrected chi connectivity index (χ3v) is 4.40. The Morgan fingerprint density at radius 2 is 2.19 bits per heavy atom. The average Bonchev–Trinajstić information content (AvgIpc) is 3.01. The summed E-state index contributed by atoms with van der Waals surface area (Å²) in [4.78, 5) is 0. The van der Waals surface area contributed by atoms with Crippen molar-refractivity contribution in [1.29, 1.82) is 0 Å². The van der Waals surface area contributed by atoms with Crippen molar-refractivity contribution in [3.05, 3.63) is 34.9 Å². The van der Waals surface area contributed by atoms with Gasteiger partial charge in [-0.05, 0) is 25.2 Å². The van der Waals surface area contributed by atoms with Crippen LogP contribution in [0.25, 0.3) is 0 Å². The quantitative estimate of drug-likeness (QED) is 0.939. The van der Waals surface area contributed by atoms with E-state index in [1.807, 2.05) is 29.7 Å². The molecule has 1 aliphatic rings. The molecule has 0 aliphatic heterocycles. The van der Waals surface area contributed by atoms with E-state index in [1.165, 1.54) is 35.4 Å². The fourth-order valence-electron chi connectivity index (χ4n) is 3.33. The molecule has 1 unspecified atom stereocenters. The Morgan fingerprint density at radius 3 is 2.95 bits per heavy atom. The van der Waals surface area contributed by atoms with Gasteiger partial charge in [0.2, 0.25) is 0 Å². The molecule has 1 aliphatic carbocycles. The van der Waals surface area contributed by atoms with Gasteiger partial charge in [0.15, 0.2) is 0 Å². The lowest BCUT2D eigenvalue weighted by Gasteiger charge is -2.24. The molecule has 3 rings (SSSR count). The second-order valence-corrected chi connectivity index (χ2v) is 6.36. The molecular weight excluding hydrogens is 262 g/mol. The lowest BCUT2D eigenvalue weighted by molar-refractivity contribution is 0.450. The van der Waals surface area contributed by atoms with Gasteiger partial charge in [-0.15, -0.1) is 0 Å². The van der Waals surface area contributed by atoms with Gasteiger partial charge in [0.25, 0.3) is 0 Å². The zero-order chi connectivity index (χ0) is 15.0. The first kappa shape index (κ1) is 14.3. The van der Waals surface area contributed by atoms with Crippen molar-refractivity contribution in [2.75, 3.05) is 0 Å². The number of fused-ring (bicyclic) bond motifs is 1. The van der Waals surface area contributed by atoms with Gasteiger partial charge in [-0.25, -0.2) is 0 Å². The second-order valence-electron chi connectivity index (χ2n) is 6.36. The molecule has 0 radical (unpaired) electrons. The number of rotatable bonds is 4. The van der Waals surface area contributed by atoms with Crippen LogP contribution in [0, 0.1) is 0 Å². The van der Waals surface area contributed by atoms with Crippen molar-refractivity contribution in [1.82, 2.24) is 24.9 Å². The van der Waals surface area contributed by atoms with E-state index in [2.05, 4.69) is 35.6 Å². The first-order chi connectivity index (χ1) is 10.1. The molecule has 114 valence electrons. The third kappa shape index (κ3) is 2.75. The van der Waals surface area contributed by atoms with Gasteiger partial charge in [-0.1, -0.05) is 13.8 Å². The zero-order valence-corrected chi connectivity index (χ0v) is 13.4. The summed E-state index contributed by atoms with van der Waals surface area (Å²) in [6, 6.07) is 0.419. The smallest absolute Gasteiger partial charge is 0.0694 e. The van der Waals surface area contributed by atoms with Crippen LogP contribution in [0.4, 0.5) is 0 Å². The lowest BCUT2D eigenvalue weighted by Crippen LogP contribution is -2.25. The highest BCUT2D eigenvalue weighted by molar-refractivity contribution is 5.26. The normalized spacial score (nSPS) is 18.2. The Bertz CT molecular complexity index is 623. The summed E-state index contributed by atoms with van der Waals surface area (Å²) in [6.45, 7) is 5.28. The maximum atomic E-state index is 4.58.